The molecule has 1 rings (SSSR count). The van der Waals surface area contributed by atoms with Crippen LogP contribution in [0.5, 0.6) is 0 Å². The van der Waals surface area contributed by atoms with Crippen molar-refractivity contribution in [3.05, 3.63) is 29.3 Å². The van der Waals surface area contributed by atoms with Crippen molar-refractivity contribution in [3.8, 4) is 0 Å². The third-order valence-electron chi connectivity index (χ3n) is 1.95. The van der Waals surface area contributed by atoms with Gasteiger partial charge in [-0.15, -0.1) is 0 Å². The Morgan fingerprint density at radius 3 is 2.12 bits per heavy atom. The van der Waals surface area contributed by atoms with Crippen molar-refractivity contribution in [1.82, 2.24) is 4.72 Å². The largest absolute Gasteiger partial charge is 0.404 e. The molecular weight excluding hydrogens is 279 g/mol. The first-order valence-corrected chi connectivity index (χ1v) is 6.33. The molecule has 0 amide bonds. The Kier molecular flexibility index (Phi) is 4.06. The average molecular weight is 288 g/mol. The van der Waals surface area contributed by atoms with Crippen LogP contribution in [0.4, 0.5) is 13.2 Å². The number of sulfonamides is 1. The van der Waals surface area contributed by atoms with E-state index in [0.29, 0.717) is 5.02 Å². The number of halogens is 4. The predicted octanol–water partition coefficient (Wildman–Crippen LogP) is 2.57. The fraction of sp³-hybridized carbons (Fsp3) is 0.333. The molecule has 0 saturated carbocycles. The molecule has 0 fully saturated rings. The molecule has 0 aromatic heterocycles. The molecule has 0 unspecified atom stereocenters. The Morgan fingerprint density at radius 1 is 1.24 bits per heavy atom. The number of alkyl halides is 3. The van der Waals surface area contributed by atoms with Gasteiger partial charge in [-0.05, 0) is 31.2 Å². The Bertz CT molecular complexity index is 484. The molecule has 1 aromatic rings. The summed E-state index contributed by atoms with van der Waals surface area (Å²) < 4.78 is 61.3. The van der Waals surface area contributed by atoms with E-state index >= 15 is 0 Å². The summed E-state index contributed by atoms with van der Waals surface area (Å²) in [6.07, 6.45) is -4.63. The van der Waals surface area contributed by atoms with Crippen molar-refractivity contribution in [1.29, 1.82) is 0 Å². The molecule has 0 saturated heterocycles. The minimum absolute atomic E-state index is 0.266. The van der Waals surface area contributed by atoms with E-state index in [2.05, 4.69) is 0 Å². The number of benzene rings is 1. The van der Waals surface area contributed by atoms with E-state index < -0.39 is 22.2 Å². The number of rotatable bonds is 3. The van der Waals surface area contributed by atoms with Crippen molar-refractivity contribution in [2.24, 2.45) is 0 Å². The molecule has 0 radical (unpaired) electrons. The van der Waals surface area contributed by atoms with Gasteiger partial charge < -0.3 is 0 Å². The van der Waals surface area contributed by atoms with Crippen molar-refractivity contribution in [2.75, 3.05) is 0 Å². The Balaban J connectivity index is 2.94. The lowest BCUT2D eigenvalue weighted by Gasteiger charge is -2.17. The number of hydrogen-bond acceptors (Lipinski definition) is 2. The number of hydrogen-bond donors (Lipinski definition) is 1. The third kappa shape index (κ3) is 3.86. The Labute approximate surface area is 102 Å². The van der Waals surface area contributed by atoms with Crippen LogP contribution in [0, 0.1) is 0 Å². The van der Waals surface area contributed by atoms with Crippen LogP contribution in [0.1, 0.15) is 6.92 Å². The lowest BCUT2D eigenvalue weighted by molar-refractivity contribution is -0.147. The molecule has 1 aromatic carbocycles. The van der Waals surface area contributed by atoms with Crippen LogP contribution in [0.2, 0.25) is 5.02 Å². The normalized spacial score (nSPS) is 14.6. The maximum atomic E-state index is 12.2. The molecule has 0 spiro atoms. The first kappa shape index (κ1) is 14.3. The minimum atomic E-state index is -4.63. The third-order valence-corrected chi connectivity index (χ3v) is 3.76. The summed E-state index contributed by atoms with van der Waals surface area (Å²) >= 11 is 5.54. The zero-order valence-corrected chi connectivity index (χ0v) is 10.2. The van der Waals surface area contributed by atoms with Crippen molar-refractivity contribution in [3.63, 3.8) is 0 Å². The molecule has 0 aliphatic heterocycles. The molecule has 1 N–H and O–H groups in total. The Hall–Kier alpha value is -0.790. The summed E-state index contributed by atoms with van der Waals surface area (Å²) in [5.74, 6) is 0. The van der Waals surface area contributed by atoms with Crippen LogP contribution in [0.25, 0.3) is 0 Å². The zero-order chi connectivity index (χ0) is 13.3. The smallest absolute Gasteiger partial charge is 0.207 e. The SMILES string of the molecule is C[C@H](NS(=O)(=O)c1ccc(Cl)cc1)C(F)(F)F. The molecule has 96 valence electrons. The lowest BCUT2D eigenvalue weighted by atomic mass is 10.4. The summed E-state index contributed by atoms with van der Waals surface area (Å²) in [7, 11) is -4.19. The average Bonchev–Trinajstić information content (AvgIpc) is 2.16. The molecule has 0 heterocycles. The highest BCUT2D eigenvalue weighted by Crippen LogP contribution is 2.22. The minimum Gasteiger partial charge on any atom is -0.207 e. The summed E-state index contributed by atoms with van der Waals surface area (Å²) in [4.78, 5) is -0.266. The molecule has 0 aliphatic carbocycles. The van der Waals surface area contributed by atoms with Gasteiger partial charge in [0.05, 0.1) is 4.90 Å². The van der Waals surface area contributed by atoms with E-state index in [9.17, 15) is 21.6 Å². The molecule has 0 aliphatic rings. The summed E-state index contributed by atoms with van der Waals surface area (Å²) in [6.45, 7) is 0.730. The second kappa shape index (κ2) is 4.83. The van der Waals surface area contributed by atoms with Crippen LogP contribution in [0.3, 0.4) is 0 Å². The van der Waals surface area contributed by atoms with Crippen LogP contribution in [0.15, 0.2) is 29.2 Å². The fourth-order valence-electron chi connectivity index (χ4n) is 0.981. The van der Waals surface area contributed by atoms with Crippen molar-refractivity contribution < 1.29 is 21.6 Å². The van der Waals surface area contributed by atoms with E-state index in [-0.39, 0.29) is 4.90 Å². The van der Waals surface area contributed by atoms with E-state index in [1.165, 1.54) is 16.9 Å². The molecular formula is C9H9ClF3NO2S. The van der Waals surface area contributed by atoms with Gasteiger partial charge in [-0.2, -0.15) is 17.9 Å². The molecule has 0 bridgehead atoms. The lowest BCUT2D eigenvalue weighted by Crippen LogP contribution is -2.42. The fourth-order valence-corrected chi connectivity index (χ4v) is 2.34. The predicted molar refractivity (Wildman–Crippen MR) is 57.3 cm³/mol. The van der Waals surface area contributed by atoms with Crippen LogP contribution >= 0.6 is 11.6 Å². The van der Waals surface area contributed by atoms with Crippen LogP contribution < -0.4 is 4.72 Å². The van der Waals surface area contributed by atoms with E-state index in [0.717, 1.165) is 19.1 Å². The van der Waals surface area contributed by atoms with Gasteiger partial charge in [0.2, 0.25) is 10.0 Å². The van der Waals surface area contributed by atoms with E-state index in [1.807, 2.05) is 0 Å². The Morgan fingerprint density at radius 2 is 1.71 bits per heavy atom. The summed E-state index contributed by atoms with van der Waals surface area (Å²) in [5.41, 5.74) is 0. The van der Waals surface area contributed by atoms with Crippen molar-refractivity contribution >= 4 is 21.6 Å². The van der Waals surface area contributed by atoms with E-state index in [4.69, 9.17) is 11.6 Å². The van der Waals surface area contributed by atoms with Gasteiger partial charge in [0, 0.05) is 5.02 Å². The topological polar surface area (TPSA) is 46.2 Å². The molecule has 3 nitrogen and oxygen atoms in total. The summed E-state index contributed by atoms with van der Waals surface area (Å²) in [6, 6.07) is 2.69. The van der Waals surface area contributed by atoms with Crippen LogP contribution in [-0.2, 0) is 10.0 Å². The van der Waals surface area contributed by atoms with Crippen LogP contribution in [-0.4, -0.2) is 20.6 Å². The highest BCUT2D eigenvalue weighted by atomic mass is 35.5. The van der Waals surface area contributed by atoms with Gasteiger partial charge in [-0.1, -0.05) is 11.6 Å². The standard InChI is InChI=1S/C9H9ClF3NO2S/c1-6(9(11,12)13)14-17(15,16)8-4-2-7(10)3-5-8/h2-6,14H,1H3/t6-/m0/s1. The first-order valence-electron chi connectivity index (χ1n) is 4.47. The molecule has 8 heteroatoms. The van der Waals surface area contributed by atoms with Gasteiger partial charge in [-0.25, -0.2) is 8.42 Å². The van der Waals surface area contributed by atoms with Gasteiger partial charge in [-0.3, -0.25) is 0 Å². The van der Waals surface area contributed by atoms with Gasteiger partial charge in [0.25, 0.3) is 0 Å². The quantitative estimate of drug-likeness (QED) is 0.929. The first-order chi connectivity index (χ1) is 7.63. The zero-order valence-electron chi connectivity index (χ0n) is 8.62. The van der Waals surface area contributed by atoms with Gasteiger partial charge in [0.15, 0.2) is 0 Å². The maximum Gasteiger partial charge on any atom is 0.404 e. The van der Waals surface area contributed by atoms with Crippen molar-refractivity contribution in [2.45, 2.75) is 24.0 Å². The number of nitrogens with one attached hydrogen (secondary N) is 1. The molecule has 17 heavy (non-hydrogen) atoms. The monoisotopic (exact) mass is 287 g/mol. The summed E-state index contributed by atoms with van der Waals surface area (Å²) in [5, 5.41) is 0.299. The van der Waals surface area contributed by atoms with Gasteiger partial charge >= 0.3 is 6.18 Å². The highest BCUT2D eigenvalue weighted by Gasteiger charge is 2.38. The second-order valence-corrected chi connectivity index (χ2v) is 5.49. The highest BCUT2D eigenvalue weighted by molar-refractivity contribution is 7.89. The maximum absolute atomic E-state index is 12.2. The van der Waals surface area contributed by atoms with Gasteiger partial charge in [0.1, 0.15) is 6.04 Å². The molecule has 1 atom stereocenters. The second-order valence-electron chi connectivity index (χ2n) is 3.34. The van der Waals surface area contributed by atoms with E-state index in [1.54, 1.807) is 0 Å².